The SMILES string of the molecule is C1=CNNC1.C1=NCCO1.C1=NOCC1. The fourth-order valence-corrected chi connectivity index (χ4v) is 0.822. The summed E-state index contributed by atoms with van der Waals surface area (Å²) in [5.74, 6) is 0. The van der Waals surface area contributed by atoms with Crippen LogP contribution in [0, 0.1) is 0 Å². The molecule has 0 bridgehead atoms. The summed E-state index contributed by atoms with van der Waals surface area (Å²) in [4.78, 5) is 8.25. The minimum atomic E-state index is 0.778. The molecule has 3 heterocycles. The van der Waals surface area contributed by atoms with Gasteiger partial charge in [-0.15, -0.1) is 0 Å². The number of aliphatic imine (C=N–C) groups is 1. The van der Waals surface area contributed by atoms with Crippen molar-refractivity contribution < 1.29 is 9.57 Å². The van der Waals surface area contributed by atoms with Crippen LogP contribution in [0.4, 0.5) is 0 Å². The number of nitrogens with one attached hydrogen (secondary N) is 2. The number of hydrogen-bond acceptors (Lipinski definition) is 6. The van der Waals surface area contributed by atoms with Crippen LogP contribution in [0.25, 0.3) is 0 Å². The Kier molecular flexibility index (Phi) is 6.92. The fraction of sp³-hybridized carbons (Fsp3) is 0.556. The number of nitrogens with zero attached hydrogens (tertiary/aromatic N) is 2. The highest BCUT2D eigenvalue weighted by atomic mass is 16.6. The van der Waals surface area contributed by atoms with Crippen LogP contribution in [-0.4, -0.2) is 38.9 Å². The third kappa shape index (κ3) is 7.51. The highest BCUT2D eigenvalue weighted by Gasteiger charge is 1.86. The second kappa shape index (κ2) is 9.01. The molecule has 0 atom stereocenters. The molecule has 3 rings (SSSR count). The van der Waals surface area contributed by atoms with E-state index in [0.29, 0.717) is 0 Å². The van der Waals surface area contributed by atoms with Crippen molar-refractivity contribution in [1.29, 1.82) is 0 Å². The van der Waals surface area contributed by atoms with Gasteiger partial charge in [0, 0.05) is 25.4 Å². The summed E-state index contributed by atoms with van der Waals surface area (Å²) in [7, 11) is 0. The standard InChI is InChI=1S/C3H6N2.2C3H5NO/c1-2-4-5-3-1;1-2-5-3-4-1;1-2-4-5-3-1/h1-2,4-5H,3H2;3H,1-2H2;2H,1,3H2. The Hall–Kier alpha value is -1.56. The van der Waals surface area contributed by atoms with Crippen LogP contribution < -0.4 is 10.9 Å². The summed E-state index contributed by atoms with van der Waals surface area (Å²) in [5.41, 5.74) is 5.65. The average molecular weight is 212 g/mol. The van der Waals surface area contributed by atoms with Gasteiger partial charge >= 0.3 is 0 Å². The molecule has 0 aromatic carbocycles. The summed E-state index contributed by atoms with van der Waals surface area (Å²) in [6.45, 7) is 3.36. The zero-order valence-corrected chi connectivity index (χ0v) is 8.56. The first kappa shape index (κ1) is 11.5. The van der Waals surface area contributed by atoms with Crippen molar-refractivity contribution in [2.45, 2.75) is 6.42 Å². The zero-order valence-electron chi connectivity index (χ0n) is 8.56. The van der Waals surface area contributed by atoms with Crippen molar-refractivity contribution in [2.75, 3.05) is 26.3 Å². The van der Waals surface area contributed by atoms with Gasteiger partial charge in [-0.1, -0.05) is 11.2 Å². The Bertz CT molecular complexity index is 172. The van der Waals surface area contributed by atoms with Crippen molar-refractivity contribution in [1.82, 2.24) is 10.9 Å². The highest BCUT2D eigenvalue weighted by molar-refractivity contribution is 5.57. The number of ether oxygens (including phenoxy) is 1. The van der Waals surface area contributed by atoms with Crippen LogP contribution in [0.1, 0.15) is 6.42 Å². The molecule has 0 amide bonds. The van der Waals surface area contributed by atoms with E-state index in [0.717, 1.165) is 32.7 Å². The van der Waals surface area contributed by atoms with Crippen LogP contribution in [0.15, 0.2) is 22.4 Å². The predicted octanol–water partition coefficient (Wildman–Crippen LogP) is 0.0453. The number of hydrazine groups is 1. The monoisotopic (exact) mass is 212 g/mol. The molecule has 0 radical (unpaired) electrons. The van der Waals surface area contributed by atoms with E-state index in [2.05, 4.69) is 30.6 Å². The van der Waals surface area contributed by atoms with E-state index in [9.17, 15) is 0 Å². The van der Waals surface area contributed by atoms with Crippen molar-refractivity contribution in [3.05, 3.63) is 12.3 Å². The molecule has 6 heteroatoms. The van der Waals surface area contributed by atoms with Crippen molar-refractivity contribution >= 4 is 12.6 Å². The molecular formula is C9H16N4O2. The van der Waals surface area contributed by atoms with Gasteiger partial charge in [-0.25, -0.2) is 5.43 Å². The molecule has 3 aliphatic rings. The predicted molar refractivity (Wildman–Crippen MR) is 58.7 cm³/mol. The molecular weight excluding hydrogens is 196 g/mol. The largest absolute Gasteiger partial charge is 0.482 e. The smallest absolute Gasteiger partial charge is 0.169 e. The summed E-state index contributed by atoms with van der Waals surface area (Å²) >= 11 is 0. The van der Waals surface area contributed by atoms with Crippen molar-refractivity contribution in [2.24, 2.45) is 10.1 Å². The molecule has 15 heavy (non-hydrogen) atoms. The van der Waals surface area contributed by atoms with Gasteiger partial charge in [-0.3, -0.25) is 4.99 Å². The van der Waals surface area contributed by atoms with Crippen LogP contribution in [0.3, 0.4) is 0 Å². The van der Waals surface area contributed by atoms with Gasteiger partial charge in [0.15, 0.2) is 6.40 Å². The van der Waals surface area contributed by atoms with Crippen molar-refractivity contribution in [3.8, 4) is 0 Å². The number of rotatable bonds is 0. The van der Waals surface area contributed by atoms with Gasteiger partial charge in [0.25, 0.3) is 0 Å². The topological polar surface area (TPSA) is 67.2 Å². The molecule has 0 saturated carbocycles. The fourth-order valence-electron chi connectivity index (χ4n) is 0.822. The molecule has 0 aliphatic carbocycles. The first-order valence-electron chi connectivity index (χ1n) is 4.87. The minimum Gasteiger partial charge on any atom is -0.482 e. The molecule has 3 aliphatic heterocycles. The molecule has 0 saturated heterocycles. The summed E-state index contributed by atoms with van der Waals surface area (Å²) in [6, 6.07) is 0. The van der Waals surface area contributed by atoms with Gasteiger partial charge in [0.2, 0.25) is 0 Å². The minimum absolute atomic E-state index is 0.778. The third-order valence-corrected chi connectivity index (χ3v) is 1.50. The molecule has 0 fully saturated rings. The van der Waals surface area contributed by atoms with E-state index in [1.165, 1.54) is 6.40 Å². The summed E-state index contributed by atoms with van der Waals surface area (Å²) in [6.07, 6.45) is 8.12. The maximum Gasteiger partial charge on any atom is 0.169 e. The Morgan fingerprint density at radius 3 is 2.47 bits per heavy atom. The number of hydrogen-bond donors (Lipinski definition) is 2. The van der Waals surface area contributed by atoms with E-state index >= 15 is 0 Å². The molecule has 2 N–H and O–H groups in total. The lowest BCUT2D eigenvalue weighted by Gasteiger charge is -1.83. The Balaban J connectivity index is 0.000000112. The van der Waals surface area contributed by atoms with Gasteiger partial charge in [-0.05, 0) is 0 Å². The van der Waals surface area contributed by atoms with E-state index in [1.807, 2.05) is 12.3 Å². The van der Waals surface area contributed by atoms with Crippen molar-refractivity contribution in [3.63, 3.8) is 0 Å². The summed E-state index contributed by atoms with van der Waals surface area (Å²) in [5, 5.41) is 3.46. The van der Waals surface area contributed by atoms with E-state index < -0.39 is 0 Å². The second-order valence-electron chi connectivity index (χ2n) is 2.72. The Morgan fingerprint density at radius 2 is 2.27 bits per heavy atom. The normalized spacial score (nSPS) is 19.2. The molecule has 0 unspecified atom stereocenters. The molecule has 6 nitrogen and oxygen atoms in total. The second-order valence-corrected chi connectivity index (χ2v) is 2.72. The van der Waals surface area contributed by atoms with Gasteiger partial charge in [0.05, 0.1) is 6.54 Å². The first-order valence-corrected chi connectivity index (χ1v) is 4.87. The first-order chi connectivity index (χ1) is 7.50. The molecule has 0 spiro atoms. The van der Waals surface area contributed by atoms with Gasteiger partial charge in [0.1, 0.15) is 13.2 Å². The highest BCUT2D eigenvalue weighted by Crippen LogP contribution is 1.86. The zero-order chi connectivity index (χ0) is 10.6. The van der Waals surface area contributed by atoms with Gasteiger partial charge in [-0.2, -0.15) is 0 Å². The van der Waals surface area contributed by atoms with Crippen LogP contribution >= 0.6 is 0 Å². The lowest BCUT2D eigenvalue weighted by molar-refractivity contribution is 0.174. The van der Waals surface area contributed by atoms with E-state index in [4.69, 9.17) is 0 Å². The average Bonchev–Trinajstić information content (AvgIpc) is 3.09. The van der Waals surface area contributed by atoms with E-state index in [1.54, 1.807) is 6.21 Å². The summed E-state index contributed by atoms with van der Waals surface area (Å²) < 4.78 is 4.65. The Morgan fingerprint density at radius 1 is 1.27 bits per heavy atom. The molecule has 0 aromatic heterocycles. The Labute approximate surface area is 89.0 Å². The van der Waals surface area contributed by atoms with Crippen LogP contribution in [0.2, 0.25) is 0 Å². The maximum atomic E-state index is 4.65. The van der Waals surface area contributed by atoms with E-state index in [-0.39, 0.29) is 0 Å². The quantitative estimate of drug-likeness (QED) is 0.595. The number of oxime groups is 1. The lowest BCUT2D eigenvalue weighted by atomic mass is 10.5. The maximum absolute atomic E-state index is 4.65. The molecule has 84 valence electrons. The molecule has 0 aromatic rings. The van der Waals surface area contributed by atoms with Gasteiger partial charge < -0.3 is 15.0 Å². The van der Waals surface area contributed by atoms with Crippen LogP contribution in [-0.2, 0) is 9.57 Å². The third-order valence-electron chi connectivity index (χ3n) is 1.50. The van der Waals surface area contributed by atoms with Crippen LogP contribution in [0.5, 0.6) is 0 Å². The lowest BCUT2D eigenvalue weighted by Crippen LogP contribution is -2.19.